The lowest BCUT2D eigenvalue weighted by Gasteiger charge is -2.30. The van der Waals surface area contributed by atoms with Crippen LogP contribution in [0, 0.1) is 11.3 Å². The van der Waals surface area contributed by atoms with E-state index in [1.807, 2.05) is 6.07 Å². The average Bonchev–Trinajstić information content (AvgIpc) is 2.53. The van der Waals surface area contributed by atoms with Crippen molar-refractivity contribution in [3.63, 3.8) is 0 Å². The Kier molecular flexibility index (Phi) is 5.21. The molecule has 1 unspecified atom stereocenters. The highest BCUT2D eigenvalue weighted by Crippen LogP contribution is 2.43. The molecule has 4 nitrogen and oxygen atoms in total. The monoisotopic (exact) mass is 350 g/mol. The molecule has 1 heterocycles. The fourth-order valence-electron chi connectivity index (χ4n) is 2.94. The maximum Gasteiger partial charge on any atom is 0.416 e. The van der Waals surface area contributed by atoms with Gasteiger partial charge in [-0.15, -0.1) is 0 Å². The van der Waals surface area contributed by atoms with E-state index in [1.54, 1.807) is 20.8 Å². The Labute approximate surface area is 143 Å². The molecule has 1 aliphatic rings. The summed E-state index contributed by atoms with van der Waals surface area (Å²) in [5.74, 6) is -1.88. The molecule has 1 aromatic carbocycles. The Morgan fingerprint density at radius 1 is 1.28 bits per heavy atom. The zero-order valence-electron chi connectivity index (χ0n) is 14.0. The predicted molar refractivity (Wildman–Crippen MR) is 85.0 cm³/mol. The van der Waals surface area contributed by atoms with E-state index < -0.39 is 23.6 Å². The molecule has 0 fully saturated rings. The van der Waals surface area contributed by atoms with Crippen molar-refractivity contribution in [2.24, 2.45) is 0 Å². The first-order valence-corrected chi connectivity index (χ1v) is 7.64. The number of benzene rings is 1. The molecule has 0 radical (unpaired) electrons. The van der Waals surface area contributed by atoms with Crippen LogP contribution in [-0.2, 0) is 15.7 Å². The molecule has 25 heavy (non-hydrogen) atoms. The quantitative estimate of drug-likeness (QED) is 0.836. The van der Waals surface area contributed by atoms with Crippen LogP contribution in [0.15, 0.2) is 46.8 Å². The smallest absolute Gasteiger partial charge is 0.416 e. The van der Waals surface area contributed by atoms with E-state index in [1.165, 1.54) is 18.2 Å². The highest BCUT2D eigenvalue weighted by molar-refractivity contribution is 5.93. The van der Waals surface area contributed by atoms with E-state index in [0.717, 1.165) is 6.07 Å². The van der Waals surface area contributed by atoms with Gasteiger partial charge in [0.1, 0.15) is 0 Å². The highest BCUT2D eigenvalue weighted by atomic mass is 19.4. The van der Waals surface area contributed by atoms with Gasteiger partial charge in [0.05, 0.1) is 35.3 Å². The lowest BCUT2D eigenvalue weighted by Crippen LogP contribution is -2.30. The number of nitrogens with zero attached hydrogens (tertiary/aromatic N) is 1. The van der Waals surface area contributed by atoms with Crippen LogP contribution in [0.1, 0.15) is 37.8 Å². The van der Waals surface area contributed by atoms with Crippen LogP contribution in [0.25, 0.3) is 0 Å². The van der Waals surface area contributed by atoms with Crippen LogP contribution in [0.5, 0.6) is 0 Å². The maximum absolute atomic E-state index is 13.5. The molecule has 132 valence electrons. The minimum Gasteiger partial charge on any atom is -0.463 e. The number of dihydropyridines is 1. The SMILES string of the molecule is CCOC(=O)C1=C(C)NC(C)=C(C#N)C1c1ccccc1C(F)(F)F. The lowest BCUT2D eigenvalue weighted by molar-refractivity contribution is -0.140. The van der Waals surface area contributed by atoms with Crippen molar-refractivity contribution in [1.82, 2.24) is 5.32 Å². The number of hydrogen-bond donors (Lipinski definition) is 1. The fourth-order valence-corrected chi connectivity index (χ4v) is 2.94. The van der Waals surface area contributed by atoms with Gasteiger partial charge in [-0.25, -0.2) is 4.79 Å². The van der Waals surface area contributed by atoms with Gasteiger partial charge < -0.3 is 10.1 Å². The van der Waals surface area contributed by atoms with Crippen LogP contribution >= 0.6 is 0 Å². The number of nitriles is 1. The molecule has 0 bridgehead atoms. The number of carbonyl (C=O) groups is 1. The normalized spacial score (nSPS) is 17.9. The first-order valence-electron chi connectivity index (χ1n) is 7.64. The molecule has 0 aliphatic carbocycles. The zero-order valence-corrected chi connectivity index (χ0v) is 14.0. The molecule has 0 spiro atoms. The van der Waals surface area contributed by atoms with E-state index >= 15 is 0 Å². The number of hydrogen-bond acceptors (Lipinski definition) is 4. The number of allylic oxidation sites excluding steroid dienone is 3. The summed E-state index contributed by atoms with van der Waals surface area (Å²) in [6, 6.07) is 6.90. The summed E-state index contributed by atoms with van der Waals surface area (Å²) in [6.07, 6.45) is -4.61. The van der Waals surface area contributed by atoms with Gasteiger partial charge in [-0.05, 0) is 32.4 Å². The van der Waals surface area contributed by atoms with E-state index in [0.29, 0.717) is 11.4 Å². The third-order valence-electron chi connectivity index (χ3n) is 3.95. The van der Waals surface area contributed by atoms with Crippen molar-refractivity contribution in [3.8, 4) is 6.07 Å². The number of ether oxygens (including phenoxy) is 1. The second-order valence-corrected chi connectivity index (χ2v) is 5.55. The van der Waals surface area contributed by atoms with Crippen LogP contribution in [0.3, 0.4) is 0 Å². The topological polar surface area (TPSA) is 62.1 Å². The van der Waals surface area contributed by atoms with E-state index in [-0.39, 0.29) is 23.3 Å². The first-order chi connectivity index (χ1) is 11.7. The van der Waals surface area contributed by atoms with Crippen molar-refractivity contribution in [3.05, 3.63) is 57.9 Å². The summed E-state index contributed by atoms with van der Waals surface area (Å²) < 4.78 is 45.4. The van der Waals surface area contributed by atoms with Crippen LogP contribution in [0.2, 0.25) is 0 Å². The van der Waals surface area contributed by atoms with Gasteiger partial charge in [0.25, 0.3) is 0 Å². The van der Waals surface area contributed by atoms with E-state index in [4.69, 9.17) is 4.74 Å². The summed E-state index contributed by atoms with van der Waals surface area (Å²) in [5, 5.41) is 12.4. The number of alkyl halides is 3. The zero-order chi connectivity index (χ0) is 18.8. The number of halogens is 3. The number of carbonyl (C=O) groups excluding carboxylic acids is 1. The Hall–Kier alpha value is -2.75. The third kappa shape index (κ3) is 3.53. The van der Waals surface area contributed by atoms with Gasteiger partial charge in [0.15, 0.2) is 0 Å². The van der Waals surface area contributed by atoms with Gasteiger partial charge in [-0.1, -0.05) is 18.2 Å². The second-order valence-electron chi connectivity index (χ2n) is 5.55. The number of nitrogens with one attached hydrogen (secondary N) is 1. The molecule has 0 aromatic heterocycles. The minimum atomic E-state index is -4.61. The first kappa shape index (κ1) is 18.6. The van der Waals surface area contributed by atoms with Crippen molar-refractivity contribution >= 4 is 5.97 Å². The summed E-state index contributed by atoms with van der Waals surface area (Å²) >= 11 is 0. The Bertz CT molecular complexity index is 801. The molecule has 7 heteroatoms. The molecule has 0 amide bonds. The maximum atomic E-state index is 13.5. The van der Waals surface area contributed by atoms with Crippen molar-refractivity contribution in [1.29, 1.82) is 5.26 Å². The van der Waals surface area contributed by atoms with Crippen LogP contribution < -0.4 is 5.32 Å². The van der Waals surface area contributed by atoms with Gasteiger partial charge >= 0.3 is 12.1 Å². The molecule has 2 rings (SSSR count). The Morgan fingerprint density at radius 2 is 1.92 bits per heavy atom. The molecule has 0 saturated carbocycles. The van der Waals surface area contributed by atoms with Crippen molar-refractivity contribution in [2.75, 3.05) is 6.61 Å². The standard InChI is InChI=1S/C18H17F3N2O2/c1-4-25-17(24)15-11(3)23-10(2)13(9-22)16(15)12-7-5-6-8-14(12)18(19,20)21/h5-8,16,23H,4H2,1-3H3. The van der Waals surface area contributed by atoms with Crippen molar-refractivity contribution < 1.29 is 22.7 Å². The third-order valence-corrected chi connectivity index (χ3v) is 3.95. The van der Waals surface area contributed by atoms with Gasteiger partial charge in [-0.3, -0.25) is 0 Å². The molecular formula is C18H17F3N2O2. The fraction of sp³-hybridized carbons (Fsp3) is 0.333. The molecule has 1 aliphatic heterocycles. The van der Waals surface area contributed by atoms with E-state index in [2.05, 4.69) is 5.32 Å². The van der Waals surface area contributed by atoms with Gasteiger partial charge in [0, 0.05) is 11.4 Å². The average molecular weight is 350 g/mol. The summed E-state index contributed by atoms with van der Waals surface area (Å²) in [5.41, 5.74) is -0.162. The molecule has 1 aromatic rings. The largest absolute Gasteiger partial charge is 0.463 e. The van der Waals surface area contributed by atoms with E-state index in [9.17, 15) is 23.2 Å². The number of esters is 1. The highest BCUT2D eigenvalue weighted by Gasteiger charge is 2.40. The minimum absolute atomic E-state index is 0.0145. The van der Waals surface area contributed by atoms with Gasteiger partial charge in [-0.2, -0.15) is 18.4 Å². The molecule has 1 N–H and O–H groups in total. The van der Waals surface area contributed by atoms with Crippen molar-refractivity contribution in [2.45, 2.75) is 32.9 Å². The van der Waals surface area contributed by atoms with Crippen LogP contribution in [-0.4, -0.2) is 12.6 Å². The number of rotatable bonds is 3. The Morgan fingerprint density at radius 3 is 2.48 bits per heavy atom. The lowest BCUT2D eigenvalue weighted by atomic mass is 9.79. The summed E-state index contributed by atoms with van der Waals surface area (Å²) in [7, 11) is 0. The summed E-state index contributed by atoms with van der Waals surface area (Å²) in [4.78, 5) is 12.4. The summed E-state index contributed by atoms with van der Waals surface area (Å²) in [6.45, 7) is 4.85. The molecule has 0 saturated heterocycles. The molecule has 1 atom stereocenters. The second kappa shape index (κ2) is 7.01. The Balaban J connectivity index is 2.75. The van der Waals surface area contributed by atoms with Crippen LogP contribution in [0.4, 0.5) is 13.2 Å². The predicted octanol–water partition coefficient (Wildman–Crippen LogP) is 4.03. The van der Waals surface area contributed by atoms with Gasteiger partial charge in [0.2, 0.25) is 0 Å². The molecular weight excluding hydrogens is 333 g/mol.